The summed E-state index contributed by atoms with van der Waals surface area (Å²) in [6.45, 7) is 6.15. The molecule has 0 saturated heterocycles. The molecular weight excluding hydrogens is 221 g/mol. The highest BCUT2D eigenvalue weighted by molar-refractivity contribution is 5.18. The van der Waals surface area contributed by atoms with Crippen LogP contribution in [-0.4, -0.2) is 16.4 Å². The number of nitrogens with zero attached hydrogens (tertiary/aromatic N) is 2. The van der Waals surface area contributed by atoms with Crippen molar-refractivity contribution >= 4 is 0 Å². The smallest absolute Gasteiger partial charge is 0.435 e. The number of rotatable bonds is 2. The Morgan fingerprint density at radius 2 is 1.88 bits per heavy atom. The molecule has 0 atom stereocenters. The van der Waals surface area contributed by atoms with Gasteiger partial charge in [-0.1, -0.05) is 20.8 Å². The van der Waals surface area contributed by atoms with Crippen molar-refractivity contribution < 1.29 is 17.9 Å². The summed E-state index contributed by atoms with van der Waals surface area (Å²) in [6, 6.07) is 0.908. The number of aryl methyl sites for hydroxylation is 1. The molecule has 1 rings (SSSR count). The highest BCUT2D eigenvalue weighted by Crippen LogP contribution is 2.30. The maximum absolute atomic E-state index is 12.3. The first-order chi connectivity index (χ1) is 7.09. The van der Waals surface area contributed by atoms with Crippen LogP contribution in [0.3, 0.4) is 0 Å². The predicted molar refractivity (Wildman–Crippen MR) is 53.2 cm³/mol. The van der Waals surface area contributed by atoms with E-state index in [9.17, 15) is 13.2 Å². The fraction of sp³-hybridized carbons (Fsp3) is 0.700. The molecule has 0 amide bonds. The fourth-order valence-electron chi connectivity index (χ4n) is 1.01. The Labute approximate surface area is 92.2 Å². The molecule has 16 heavy (non-hydrogen) atoms. The molecule has 1 aromatic rings. The van der Waals surface area contributed by atoms with Crippen molar-refractivity contribution in [3.63, 3.8) is 0 Å². The van der Waals surface area contributed by atoms with Gasteiger partial charge in [0.15, 0.2) is 5.69 Å². The van der Waals surface area contributed by atoms with E-state index in [0.29, 0.717) is 6.61 Å². The van der Waals surface area contributed by atoms with Crippen LogP contribution in [0.1, 0.15) is 26.5 Å². The molecule has 0 spiro atoms. The number of aromatic nitrogens is 2. The van der Waals surface area contributed by atoms with Crippen molar-refractivity contribution in [3.05, 3.63) is 11.8 Å². The van der Waals surface area contributed by atoms with Gasteiger partial charge >= 0.3 is 6.18 Å². The zero-order valence-corrected chi connectivity index (χ0v) is 9.72. The van der Waals surface area contributed by atoms with Crippen molar-refractivity contribution in [2.24, 2.45) is 12.5 Å². The van der Waals surface area contributed by atoms with Crippen molar-refractivity contribution in [1.29, 1.82) is 0 Å². The summed E-state index contributed by atoms with van der Waals surface area (Å²) in [5, 5.41) is 3.35. The number of alkyl halides is 3. The van der Waals surface area contributed by atoms with Crippen LogP contribution in [-0.2, 0) is 13.2 Å². The van der Waals surface area contributed by atoms with E-state index in [1.807, 2.05) is 20.8 Å². The molecule has 92 valence electrons. The highest BCUT2D eigenvalue weighted by atomic mass is 19.4. The van der Waals surface area contributed by atoms with E-state index in [2.05, 4.69) is 5.10 Å². The van der Waals surface area contributed by atoms with Crippen LogP contribution in [0.5, 0.6) is 5.88 Å². The van der Waals surface area contributed by atoms with Gasteiger partial charge in [-0.3, -0.25) is 0 Å². The van der Waals surface area contributed by atoms with Crippen LogP contribution < -0.4 is 4.74 Å². The summed E-state index contributed by atoms with van der Waals surface area (Å²) in [5.41, 5.74) is -1.04. The zero-order chi connectivity index (χ0) is 12.6. The van der Waals surface area contributed by atoms with E-state index in [0.717, 1.165) is 10.7 Å². The van der Waals surface area contributed by atoms with E-state index in [4.69, 9.17) is 4.74 Å². The van der Waals surface area contributed by atoms with Gasteiger partial charge in [0.2, 0.25) is 5.88 Å². The van der Waals surface area contributed by atoms with Gasteiger partial charge in [-0.2, -0.15) is 18.3 Å². The molecule has 0 saturated carbocycles. The fourth-order valence-corrected chi connectivity index (χ4v) is 1.01. The van der Waals surface area contributed by atoms with Gasteiger partial charge in [-0.15, -0.1) is 0 Å². The molecule has 0 unspecified atom stereocenters. The van der Waals surface area contributed by atoms with Gasteiger partial charge in [0.05, 0.1) is 6.61 Å². The Kier molecular flexibility index (Phi) is 3.21. The first-order valence-electron chi connectivity index (χ1n) is 4.84. The average Bonchev–Trinajstić information content (AvgIpc) is 2.41. The van der Waals surface area contributed by atoms with Crippen molar-refractivity contribution in [1.82, 2.24) is 9.78 Å². The third-order valence-corrected chi connectivity index (χ3v) is 1.78. The van der Waals surface area contributed by atoms with Crippen LogP contribution in [0, 0.1) is 5.41 Å². The molecule has 3 nitrogen and oxygen atoms in total. The molecule has 0 fully saturated rings. The third kappa shape index (κ3) is 3.43. The zero-order valence-electron chi connectivity index (χ0n) is 9.72. The molecule has 0 aliphatic carbocycles. The topological polar surface area (TPSA) is 27.1 Å². The average molecular weight is 236 g/mol. The molecule has 1 heterocycles. The number of ether oxygens (including phenoxy) is 1. The van der Waals surface area contributed by atoms with Gasteiger partial charge in [0.1, 0.15) is 0 Å². The van der Waals surface area contributed by atoms with Crippen molar-refractivity contribution in [2.45, 2.75) is 26.9 Å². The van der Waals surface area contributed by atoms with Gasteiger partial charge in [-0.05, 0) is 5.41 Å². The second-order valence-corrected chi connectivity index (χ2v) is 4.84. The summed E-state index contributed by atoms with van der Waals surface area (Å²) >= 11 is 0. The Balaban J connectivity index is 2.79. The monoisotopic (exact) mass is 236 g/mol. The first-order valence-corrected chi connectivity index (χ1v) is 4.84. The summed E-state index contributed by atoms with van der Waals surface area (Å²) in [4.78, 5) is 0. The van der Waals surface area contributed by atoms with E-state index in [1.54, 1.807) is 0 Å². The van der Waals surface area contributed by atoms with Gasteiger partial charge in [-0.25, -0.2) is 4.68 Å². The third-order valence-electron chi connectivity index (χ3n) is 1.78. The molecule has 0 N–H and O–H groups in total. The lowest BCUT2D eigenvalue weighted by Crippen LogP contribution is -2.17. The Morgan fingerprint density at radius 1 is 1.31 bits per heavy atom. The lowest BCUT2D eigenvalue weighted by molar-refractivity contribution is -0.141. The van der Waals surface area contributed by atoms with Gasteiger partial charge in [0.25, 0.3) is 0 Å². The second-order valence-electron chi connectivity index (χ2n) is 4.84. The SMILES string of the molecule is Cn1nc(C(F)(F)F)cc1OCC(C)(C)C. The largest absolute Gasteiger partial charge is 0.477 e. The van der Waals surface area contributed by atoms with Crippen LogP contribution in [0.15, 0.2) is 6.07 Å². The quantitative estimate of drug-likeness (QED) is 0.789. The highest BCUT2D eigenvalue weighted by Gasteiger charge is 2.35. The van der Waals surface area contributed by atoms with Crippen molar-refractivity contribution in [3.8, 4) is 5.88 Å². The van der Waals surface area contributed by atoms with E-state index in [-0.39, 0.29) is 11.3 Å². The number of halogens is 3. The molecule has 0 aliphatic rings. The van der Waals surface area contributed by atoms with Gasteiger partial charge < -0.3 is 4.74 Å². The molecule has 1 aromatic heterocycles. The van der Waals surface area contributed by atoms with Crippen molar-refractivity contribution in [2.75, 3.05) is 6.61 Å². The lowest BCUT2D eigenvalue weighted by Gasteiger charge is -2.18. The van der Waals surface area contributed by atoms with Crippen LogP contribution in [0.4, 0.5) is 13.2 Å². The standard InChI is InChI=1S/C10H15F3N2O/c1-9(2,3)6-16-8-5-7(10(11,12)13)14-15(8)4/h5H,6H2,1-4H3. The van der Waals surface area contributed by atoms with Gasteiger partial charge in [0, 0.05) is 13.1 Å². The summed E-state index contributed by atoms with van der Waals surface area (Å²) in [7, 11) is 1.42. The Bertz CT molecular complexity index is 363. The minimum atomic E-state index is -4.43. The molecule has 6 heteroatoms. The normalized spacial score (nSPS) is 12.9. The molecule has 0 aromatic carbocycles. The minimum Gasteiger partial charge on any atom is -0.477 e. The second kappa shape index (κ2) is 3.99. The van der Waals surface area contributed by atoms with Crippen LogP contribution in [0.2, 0.25) is 0 Å². The van der Waals surface area contributed by atoms with E-state index >= 15 is 0 Å². The Hall–Kier alpha value is -1.20. The van der Waals surface area contributed by atoms with Crippen LogP contribution >= 0.6 is 0 Å². The maximum atomic E-state index is 12.3. The first kappa shape index (κ1) is 12.9. The van der Waals surface area contributed by atoms with Crippen LogP contribution in [0.25, 0.3) is 0 Å². The van der Waals surface area contributed by atoms with E-state index in [1.165, 1.54) is 7.05 Å². The predicted octanol–water partition coefficient (Wildman–Crippen LogP) is 2.86. The lowest BCUT2D eigenvalue weighted by atomic mass is 9.99. The molecule has 0 bridgehead atoms. The molecule has 0 radical (unpaired) electrons. The summed E-state index contributed by atoms with van der Waals surface area (Å²) in [6.07, 6.45) is -4.43. The Morgan fingerprint density at radius 3 is 2.25 bits per heavy atom. The number of hydrogen-bond donors (Lipinski definition) is 0. The number of hydrogen-bond acceptors (Lipinski definition) is 2. The van der Waals surface area contributed by atoms with E-state index < -0.39 is 11.9 Å². The summed E-state index contributed by atoms with van der Waals surface area (Å²) in [5.74, 6) is 0.127. The summed E-state index contributed by atoms with van der Waals surface area (Å²) < 4.78 is 43.3. The maximum Gasteiger partial charge on any atom is 0.435 e. The molecular formula is C10H15F3N2O. The molecule has 0 aliphatic heterocycles. The minimum absolute atomic E-state index is 0.108.